The van der Waals surface area contributed by atoms with E-state index in [1.165, 1.54) is 5.56 Å². The molecule has 0 aliphatic carbocycles. The Morgan fingerprint density at radius 1 is 1.25 bits per heavy atom. The van der Waals surface area contributed by atoms with Crippen molar-refractivity contribution in [2.75, 3.05) is 5.88 Å². The fourth-order valence-electron chi connectivity index (χ4n) is 1.42. The lowest BCUT2D eigenvalue weighted by atomic mass is 9.96. The van der Waals surface area contributed by atoms with Gasteiger partial charge in [0.15, 0.2) is 0 Å². The summed E-state index contributed by atoms with van der Waals surface area (Å²) in [6, 6.07) is 7.16. The molecule has 1 rings (SSSR count). The Hall–Kier alpha value is -1.15. The summed E-state index contributed by atoms with van der Waals surface area (Å²) < 4.78 is 0. The fourth-order valence-corrected chi connectivity index (χ4v) is 1.54. The van der Waals surface area contributed by atoms with Gasteiger partial charge >= 0.3 is 0 Å². The highest BCUT2D eigenvalue weighted by Crippen LogP contribution is 2.19. The van der Waals surface area contributed by atoms with E-state index in [1.54, 1.807) is 12.1 Å². The molecule has 0 fully saturated rings. The molecule has 0 aliphatic heterocycles. The standard InChI is InChI=1S/C13H15ClO2/c1-3-9(2)10-4-6-11(7-5-10)13(16)12(15)8-14/h4-7,9H,3,8H2,1-2H3. The molecule has 0 bridgehead atoms. The molecular weight excluding hydrogens is 224 g/mol. The Labute approximate surface area is 101 Å². The lowest BCUT2D eigenvalue weighted by Gasteiger charge is -2.08. The Bertz CT molecular complexity index is 381. The van der Waals surface area contributed by atoms with Crippen LogP contribution in [0.4, 0.5) is 0 Å². The Morgan fingerprint density at radius 3 is 2.25 bits per heavy atom. The van der Waals surface area contributed by atoms with Crippen molar-refractivity contribution >= 4 is 23.2 Å². The van der Waals surface area contributed by atoms with Gasteiger partial charge in [0.25, 0.3) is 0 Å². The zero-order valence-electron chi connectivity index (χ0n) is 9.50. The number of carbonyl (C=O) groups excluding carboxylic acids is 2. The van der Waals surface area contributed by atoms with Crippen molar-refractivity contribution in [2.45, 2.75) is 26.2 Å². The van der Waals surface area contributed by atoms with E-state index in [0.29, 0.717) is 11.5 Å². The number of rotatable bonds is 5. The van der Waals surface area contributed by atoms with Crippen molar-refractivity contribution in [3.8, 4) is 0 Å². The van der Waals surface area contributed by atoms with Gasteiger partial charge in [0.1, 0.15) is 0 Å². The van der Waals surface area contributed by atoms with Crippen LogP contribution in [0.5, 0.6) is 0 Å². The molecule has 0 aliphatic rings. The van der Waals surface area contributed by atoms with Crippen molar-refractivity contribution in [1.29, 1.82) is 0 Å². The normalized spacial score (nSPS) is 12.2. The molecule has 2 nitrogen and oxygen atoms in total. The highest BCUT2D eigenvalue weighted by Gasteiger charge is 2.14. The summed E-state index contributed by atoms with van der Waals surface area (Å²) in [4.78, 5) is 22.6. The first-order chi connectivity index (χ1) is 7.60. The first kappa shape index (κ1) is 12.9. The Morgan fingerprint density at radius 2 is 1.81 bits per heavy atom. The molecule has 3 heteroatoms. The summed E-state index contributed by atoms with van der Waals surface area (Å²) >= 11 is 5.33. The number of halogens is 1. The summed E-state index contributed by atoms with van der Waals surface area (Å²) in [5, 5.41) is 0. The number of alkyl halides is 1. The second kappa shape index (κ2) is 5.80. The molecule has 0 saturated carbocycles. The smallest absolute Gasteiger partial charge is 0.229 e. The second-order valence-corrected chi connectivity index (χ2v) is 4.08. The average Bonchev–Trinajstić information content (AvgIpc) is 2.36. The summed E-state index contributed by atoms with van der Waals surface area (Å²) in [6.45, 7) is 4.24. The maximum Gasteiger partial charge on any atom is 0.229 e. The van der Waals surface area contributed by atoms with E-state index in [0.717, 1.165) is 6.42 Å². The second-order valence-electron chi connectivity index (χ2n) is 3.82. The third kappa shape index (κ3) is 2.92. The predicted molar refractivity (Wildman–Crippen MR) is 65.2 cm³/mol. The van der Waals surface area contributed by atoms with Crippen molar-refractivity contribution < 1.29 is 9.59 Å². The number of carbonyl (C=O) groups is 2. The Balaban J connectivity index is 2.87. The largest absolute Gasteiger partial charge is 0.289 e. The molecule has 0 spiro atoms. The lowest BCUT2D eigenvalue weighted by Crippen LogP contribution is -2.15. The monoisotopic (exact) mass is 238 g/mol. The van der Waals surface area contributed by atoms with Crippen LogP contribution in [0.1, 0.15) is 42.1 Å². The maximum atomic E-state index is 11.5. The minimum atomic E-state index is -0.557. The summed E-state index contributed by atoms with van der Waals surface area (Å²) in [5.41, 5.74) is 1.59. The molecule has 0 saturated heterocycles. The van der Waals surface area contributed by atoms with E-state index in [1.807, 2.05) is 12.1 Å². The van der Waals surface area contributed by atoms with E-state index < -0.39 is 11.6 Å². The van der Waals surface area contributed by atoms with Crippen molar-refractivity contribution in [1.82, 2.24) is 0 Å². The van der Waals surface area contributed by atoms with Crippen molar-refractivity contribution in [3.63, 3.8) is 0 Å². The number of hydrogen-bond acceptors (Lipinski definition) is 2. The molecule has 86 valence electrons. The van der Waals surface area contributed by atoms with Crippen LogP contribution < -0.4 is 0 Å². The molecule has 1 aromatic rings. The first-order valence-electron chi connectivity index (χ1n) is 5.33. The highest BCUT2D eigenvalue weighted by atomic mass is 35.5. The first-order valence-corrected chi connectivity index (χ1v) is 5.87. The predicted octanol–water partition coefficient (Wildman–Crippen LogP) is 3.19. The quantitative estimate of drug-likeness (QED) is 0.449. The van der Waals surface area contributed by atoms with Crippen LogP contribution >= 0.6 is 11.6 Å². The van der Waals surface area contributed by atoms with Gasteiger partial charge in [0.2, 0.25) is 11.6 Å². The third-order valence-corrected chi connectivity index (χ3v) is 2.97. The summed E-state index contributed by atoms with van der Waals surface area (Å²) in [6.07, 6.45) is 1.05. The number of Topliss-reactive ketones (excluding diaryl/α,β-unsaturated/α-hetero) is 2. The van der Waals surface area contributed by atoms with Crippen LogP contribution in [-0.4, -0.2) is 17.4 Å². The SMILES string of the molecule is CCC(C)c1ccc(C(=O)C(=O)CCl)cc1. The van der Waals surface area contributed by atoms with Gasteiger partial charge in [-0.1, -0.05) is 38.1 Å². The van der Waals surface area contributed by atoms with E-state index in [9.17, 15) is 9.59 Å². The van der Waals surface area contributed by atoms with Crippen molar-refractivity contribution in [2.24, 2.45) is 0 Å². The molecule has 0 heterocycles. The van der Waals surface area contributed by atoms with E-state index >= 15 is 0 Å². The van der Waals surface area contributed by atoms with Gasteiger partial charge in [-0.25, -0.2) is 0 Å². The fraction of sp³-hybridized carbons (Fsp3) is 0.385. The zero-order chi connectivity index (χ0) is 12.1. The van der Waals surface area contributed by atoms with Gasteiger partial charge in [-0.3, -0.25) is 9.59 Å². The molecule has 16 heavy (non-hydrogen) atoms. The van der Waals surface area contributed by atoms with E-state index in [-0.39, 0.29) is 5.88 Å². The van der Waals surface area contributed by atoms with Crippen LogP contribution in [0.3, 0.4) is 0 Å². The lowest BCUT2D eigenvalue weighted by molar-refractivity contribution is -0.112. The van der Waals surface area contributed by atoms with E-state index in [2.05, 4.69) is 13.8 Å². The minimum absolute atomic E-state index is 0.258. The Kier molecular flexibility index (Phi) is 4.69. The number of ketones is 2. The van der Waals surface area contributed by atoms with Crippen LogP contribution in [0, 0.1) is 0 Å². The number of benzene rings is 1. The average molecular weight is 239 g/mol. The molecule has 1 aromatic carbocycles. The third-order valence-electron chi connectivity index (χ3n) is 2.73. The zero-order valence-corrected chi connectivity index (χ0v) is 10.3. The van der Waals surface area contributed by atoms with Crippen LogP contribution in [0.15, 0.2) is 24.3 Å². The summed E-state index contributed by atoms with van der Waals surface area (Å²) in [5.74, 6) is -0.858. The molecule has 0 N–H and O–H groups in total. The molecule has 0 amide bonds. The topological polar surface area (TPSA) is 34.1 Å². The van der Waals surface area contributed by atoms with Gasteiger partial charge in [0.05, 0.1) is 5.88 Å². The van der Waals surface area contributed by atoms with Gasteiger partial charge in [-0.15, -0.1) is 11.6 Å². The van der Waals surface area contributed by atoms with Crippen molar-refractivity contribution in [3.05, 3.63) is 35.4 Å². The van der Waals surface area contributed by atoms with Crippen LogP contribution in [0.25, 0.3) is 0 Å². The van der Waals surface area contributed by atoms with Gasteiger partial charge in [-0.2, -0.15) is 0 Å². The molecule has 0 aromatic heterocycles. The van der Waals surface area contributed by atoms with Crippen LogP contribution in [0.2, 0.25) is 0 Å². The minimum Gasteiger partial charge on any atom is -0.289 e. The molecule has 0 radical (unpaired) electrons. The van der Waals surface area contributed by atoms with Gasteiger partial charge in [-0.05, 0) is 17.9 Å². The summed E-state index contributed by atoms with van der Waals surface area (Å²) in [7, 11) is 0. The van der Waals surface area contributed by atoms with Gasteiger partial charge < -0.3 is 0 Å². The number of hydrogen-bond donors (Lipinski definition) is 0. The highest BCUT2D eigenvalue weighted by molar-refractivity contribution is 6.51. The molecule has 1 atom stereocenters. The molecular formula is C13H15ClO2. The van der Waals surface area contributed by atoms with Gasteiger partial charge in [0, 0.05) is 5.56 Å². The molecule has 1 unspecified atom stereocenters. The van der Waals surface area contributed by atoms with E-state index in [4.69, 9.17) is 11.6 Å². The van der Waals surface area contributed by atoms with Crippen LogP contribution in [-0.2, 0) is 4.79 Å². The maximum absolute atomic E-state index is 11.5.